The Morgan fingerprint density at radius 2 is 1.20 bits per heavy atom. The van der Waals surface area contributed by atoms with Crippen molar-refractivity contribution in [2.45, 2.75) is 135 Å². The summed E-state index contributed by atoms with van der Waals surface area (Å²) in [6.07, 6.45) is 21.2. The average molecular weight is 428 g/mol. The lowest BCUT2D eigenvalue weighted by atomic mass is 9.91. The zero-order valence-corrected chi connectivity index (χ0v) is 20.9. The van der Waals surface area contributed by atoms with Gasteiger partial charge in [0.2, 0.25) is 0 Å². The molecule has 0 bridgehead atoms. The minimum atomic E-state index is -0.983. The van der Waals surface area contributed by atoms with Crippen molar-refractivity contribution < 1.29 is 19.5 Å². The molecule has 0 rings (SSSR count). The number of quaternary nitrogens is 1. The molecule has 0 aromatic heterocycles. The average Bonchev–Trinajstić information content (AvgIpc) is 2.67. The van der Waals surface area contributed by atoms with Gasteiger partial charge in [-0.05, 0) is 19.3 Å². The number of likely N-dealkylation sites (N-methyl/N-ethyl adjacent to an activating group) is 1. The van der Waals surface area contributed by atoms with Crippen molar-refractivity contribution in [1.29, 1.82) is 0 Å². The van der Waals surface area contributed by atoms with E-state index in [9.17, 15) is 15.0 Å². The molecule has 0 aliphatic carbocycles. The van der Waals surface area contributed by atoms with Gasteiger partial charge in [-0.1, -0.05) is 104 Å². The molecule has 0 radical (unpaired) electrons. The number of hydrogen-bond acceptors (Lipinski definition) is 3. The number of hydrogen-bond donors (Lipinski definition) is 1. The number of rotatable bonds is 22. The molecule has 0 aromatic carbocycles. The van der Waals surface area contributed by atoms with E-state index in [0.29, 0.717) is 17.4 Å². The third-order valence-electron chi connectivity index (χ3n) is 6.52. The second kappa shape index (κ2) is 18.0. The van der Waals surface area contributed by atoms with Crippen molar-refractivity contribution in [3.63, 3.8) is 0 Å². The third kappa shape index (κ3) is 18.2. The minimum Gasteiger partial charge on any atom is -0.550 e. The van der Waals surface area contributed by atoms with Gasteiger partial charge in [0.15, 0.2) is 0 Å². The van der Waals surface area contributed by atoms with Gasteiger partial charge in [-0.25, -0.2) is 0 Å². The third-order valence-corrected chi connectivity index (χ3v) is 6.52. The van der Waals surface area contributed by atoms with Crippen LogP contribution in [0.4, 0.5) is 0 Å². The number of unbranched alkanes of at least 4 members (excludes halogenated alkanes) is 13. The second-order valence-electron chi connectivity index (χ2n) is 10.2. The lowest BCUT2D eigenvalue weighted by Gasteiger charge is -2.38. The Morgan fingerprint density at radius 1 is 0.767 bits per heavy atom. The molecular weight excluding hydrogens is 374 g/mol. The highest BCUT2D eigenvalue weighted by Crippen LogP contribution is 2.23. The van der Waals surface area contributed by atoms with E-state index < -0.39 is 11.6 Å². The van der Waals surface area contributed by atoms with Crippen molar-refractivity contribution in [2.24, 2.45) is 0 Å². The largest absolute Gasteiger partial charge is 0.550 e. The van der Waals surface area contributed by atoms with E-state index in [4.69, 9.17) is 0 Å². The monoisotopic (exact) mass is 427 g/mol. The molecule has 180 valence electrons. The molecule has 0 aliphatic heterocycles. The number of carbonyl (C=O) groups is 1. The van der Waals surface area contributed by atoms with Gasteiger partial charge < -0.3 is 19.5 Å². The molecule has 0 fully saturated rings. The van der Waals surface area contributed by atoms with Crippen LogP contribution in [0.5, 0.6) is 0 Å². The van der Waals surface area contributed by atoms with E-state index in [1.807, 2.05) is 0 Å². The van der Waals surface area contributed by atoms with Crippen molar-refractivity contribution in [3.05, 3.63) is 0 Å². The first-order valence-corrected chi connectivity index (χ1v) is 13.0. The van der Waals surface area contributed by atoms with E-state index in [0.717, 1.165) is 25.8 Å². The van der Waals surface area contributed by atoms with Gasteiger partial charge in [0, 0.05) is 12.4 Å². The molecule has 4 nitrogen and oxygen atoms in total. The smallest absolute Gasteiger partial charge is 0.113 e. The highest BCUT2D eigenvalue weighted by atomic mass is 16.4. The quantitative estimate of drug-likeness (QED) is 0.180. The first-order chi connectivity index (χ1) is 14.2. The highest BCUT2D eigenvalue weighted by Gasteiger charge is 2.32. The molecule has 0 amide bonds. The number of carboxylic acid groups (broad SMARTS) is 1. The van der Waals surface area contributed by atoms with Gasteiger partial charge in [0.25, 0.3) is 0 Å². The standard InChI is InChI=1S/C26H53NO3/c1-5-7-8-9-10-11-12-13-14-15-16-17-18-19-22-26(30,6-2)24-27(3,4)23-20-21-25(28)29/h30H,5-24H2,1-4H3. The lowest BCUT2D eigenvalue weighted by Crippen LogP contribution is -2.52. The normalized spacial score (nSPS) is 14.0. The van der Waals surface area contributed by atoms with Crippen LogP contribution in [0.25, 0.3) is 0 Å². The van der Waals surface area contributed by atoms with Crippen LogP contribution < -0.4 is 5.11 Å². The van der Waals surface area contributed by atoms with Crippen LogP contribution in [0, 0.1) is 0 Å². The SMILES string of the molecule is CCCCCCCCCCCCCCCCC(O)(CC)C[N+](C)(C)CCCC(=O)[O-]. The predicted molar refractivity (Wildman–Crippen MR) is 126 cm³/mol. The Morgan fingerprint density at radius 3 is 1.60 bits per heavy atom. The first-order valence-electron chi connectivity index (χ1n) is 13.0. The Balaban J connectivity index is 3.72. The van der Waals surface area contributed by atoms with Gasteiger partial charge in [-0.15, -0.1) is 0 Å². The molecule has 0 saturated heterocycles. The summed E-state index contributed by atoms with van der Waals surface area (Å²) in [7, 11) is 4.17. The van der Waals surface area contributed by atoms with Crippen LogP contribution in [0.15, 0.2) is 0 Å². The summed E-state index contributed by atoms with van der Waals surface area (Å²) in [4.78, 5) is 10.6. The molecule has 1 unspecified atom stereocenters. The fourth-order valence-corrected chi connectivity index (χ4v) is 4.54. The molecule has 0 saturated carbocycles. The Bertz CT molecular complexity index is 411. The Hall–Kier alpha value is -0.610. The fraction of sp³-hybridized carbons (Fsp3) is 0.962. The minimum absolute atomic E-state index is 0.102. The van der Waals surface area contributed by atoms with Crippen LogP contribution in [0.3, 0.4) is 0 Å². The van der Waals surface area contributed by atoms with Gasteiger partial charge in [0.05, 0.1) is 20.6 Å². The summed E-state index contributed by atoms with van der Waals surface area (Å²) in [5.41, 5.74) is -0.637. The maximum atomic E-state index is 11.0. The van der Waals surface area contributed by atoms with Crippen LogP contribution in [-0.4, -0.2) is 48.3 Å². The van der Waals surface area contributed by atoms with E-state index in [2.05, 4.69) is 27.9 Å². The summed E-state index contributed by atoms with van der Waals surface area (Å²) in [5.74, 6) is -0.983. The zero-order valence-electron chi connectivity index (χ0n) is 20.9. The van der Waals surface area contributed by atoms with Gasteiger partial charge in [-0.3, -0.25) is 0 Å². The lowest BCUT2D eigenvalue weighted by molar-refractivity contribution is -0.897. The second-order valence-corrected chi connectivity index (χ2v) is 10.2. The molecule has 0 heterocycles. The topological polar surface area (TPSA) is 60.4 Å². The maximum absolute atomic E-state index is 11.0. The molecule has 1 N–H and O–H groups in total. The Kier molecular flexibility index (Phi) is 17.6. The molecule has 1 atom stereocenters. The summed E-state index contributed by atoms with van der Waals surface area (Å²) >= 11 is 0. The number of carboxylic acids is 1. The van der Waals surface area contributed by atoms with Crippen LogP contribution in [-0.2, 0) is 4.79 Å². The summed E-state index contributed by atoms with van der Waals surface area (Å²) in [6.45, 7) is 5.78. The molecule has 0 aromatic rings. The first kappa shape index (κ1) is 29.4. The maximum Gasteiger partial charge on any atom is 0.113 e. The summed E-state index contributed by atoms with van der Waals surface area (Å²) < 4.78 is 0.663. The van der Waals surface area contributed by atoms with E-state index >= 15 is 0 Å². The number of carbonyl (C=O) groups excluding carboxylic acids is 1. The zero-order chi connectivity index (χ0) is 22.7. The van der Waals surface area contributed by atoms with Crippen molar-refractivity contribution >= 4 is 5.97 Å². The van der Waals surface area contributed by atoms with Crippen molar-refractivity contribution in [1.82, 2.24) is 0 Å². The van der Waals surface area contributed by atoms with E-state index in [1.165, 1.54) is 83.5 Å². The van der Waals surface area contributed by atoms with Crippen molar-refractivity contribution in [3.8, 4) is 0 Å². The summed E-state index contributed by atoms with van der Waals surface area (Å²) in [6, 6.07) is 0. The predicted octanol–water partition coefficient (Wildman–Crippen LogP) is 5.61. The molecule has 4 heteroatoms. The number of nitrogens with zero attached hydrogens (tertiary/aromatic N) is 1. The van der Waals surface area contributed by atoms with Crippen molar-refractivity contribution in [2.75, 3.05) is 27.2 Å². The highest BCUT2D eigenvalue weighted by molar-refractivity contribution is 5.64. The Labute approximate surface area is 188 Å². The van der Waals surface area contributed by atoms with E-state index in [1.54, 1.807) is 0 Å². The van der Waals surface area contributed by atoms with Crippen LogP contribution in [0.1, 0.15) is 129 Å². The van der Waals surface area contributed by atoms with Gasteiger partial charge >= 0.3 is 0 Å². The fourth-order valence-electron chi connectivity index (χ4n) is 4.54. The molecule has 0 aliphatic rings. The van der Waals surface area contributed by atoms with Gasteiger partial charge in [0.1, 0.15) is 12.1 Å². The molecule has 0 spiro atoms. The number of aliphatic carboxylic acids is 1. The number of aliphatic hydroxyl groups is 1. The van der Waals surface area contributed by atoms with Gasteiger partial charge in [-0.2, -0.15) is 0 Å². The van der Waals surface area contributed by atoms with Crippen LogP contribution >= 0.6 is 0 Å². The molecular formula is C26H53NO3. The summed E-state index contributed by atoms with van der Waals surface area (Å²) in [5, 5.41) is 21.6. The van der Waals surface area contributed by atoms with E-state index in [-0.39, 0.29) is 6.42 Å². The van der Waals surface area contributed by atoms with Crippen LogP contribution in [0.2, 0.25) is 0 Å². The molecule has 30 heavy (non-hydrogen) atoms.